The van der Waals surface area contributed by atoms with E-state index in [4.69, 9.17) is 0 Å². The van der Waals surface area contributed by atoms with E-state index in [1.807, 2.05) is 11.3 Å². The fourth-order valence-corrected chi connectivity index (χ4v) is 4.97. The lowest BCUT2D eigenvalue weighted by Crippen LogP contribution is -2.42. The van der Waals surface area contributed by atoms with E-state index in [2.05, 4.69) is 60.9 Å². The van der Waals surface area contributed by atoms with Gasteiger partial charge >= 0.3 is 0 Å². The summed E-state index contributed by atoms with van der Waals surface area (Å²) in [5.74, 6) is 0. The van der Waals surface area contributed by atoms with Gasteiger partial charge in [0.2, 0.25) is 5.52 Å². The fourth-order valence-electron chi connectivity index (χ4n) is 3.60. The molecule has 0 N–H and O–H groups in total. The highest BCUT2D eigenvalue weighted by Crippen LogP contribution is 2.39. The molecule has 0 radical (unpaired) electrons. The molecular formula is C19H20NS+. The van der Waals surface area contributed by atoms with E-state index in [0.29, 0.717) is 6.04 Å². The first kappa shape index (κ1) is 13.0. The first-order valence-corrected chi connectivity index (χ1v) is 8.65. The van der Waals surface area contributed by atoms with Crippen molar-refractivity contribution < 1.29 is 4.57 Å². The fraction of sp³-hybridized carbons (Fsp3) is 0.316. The molecule has 1 nitrogen and oxygen atoms in total. The topological polar surface area (TPSA) is 3.88 Å². The third-order valence-corrected chi connectivity index (χ3v) is 5.64. The quantitative estimate of drug-likeness (QED) is 0.590. The molecule has 0 fully saturated rings. The second-order valence-corrected chi connectivity index (χ2v) is 7.03. The van der Waals surface area contributed by atoms with Crippen LogP contribution >= 0.6 is 11.3 Å². The maximum atomic E-state index is 2.56. The number of benzene rings is 2. The summed E-state index contributed by atoms with van der Waals surface area (Å²) in [6.07, 6.45) is 3.52. The van der Waals surface area contributed by atoms with Crippen LogP contribution in [0.3, 0.4) is 0 Å². The second-order valence-electron chi connectivity index (χ2n) is 6.00. The minimum absolute atomic E-state index is 0.542. The highest BCUT2D eigenvalue weighted by Gasteiger charge is 2.34. The zero-order valence-electron chi connectivity index (χ0n) is 12.6. The molecule has 4 rings (SSSR count). The van der Waals surface area contributed by atoms with Crippen molar-refractivity contribution in [2.24, 2.45) is 0 Å². The van der Waals surface area contributed by atoms with Crippen molar-refractivity contribution >= 4 is 21.6 Å². The zero-order valence-corrected chi connectivity index (χ0v) is 13.4. The molecule has 1 aliphatic heterocycles. The van der Waals surface area contributed by atoms with Crippen LogP contribution in [0, 0.1) is 0 Å². The molecule has 0 saturated heterocycles. The molecule has 0 amide bonds. The zero-order chi connectivity index (χ0) is 14.4. The Morgan fingerprint density at radius 1 is 1.14 bits per heavy atom. The normalized spacial score (nSPS) is 16.8. The van der Waals surface area contributed by atoms with Crippen molar-refractivity contribution in [1.82, 2.24) is 0 Å². The smallest absolute Gasteiger partial charge is 0.179 e. The molecule has 3 aromatic rings. The number of nitrogens with zero attached hydrogens (tertiary/aromatic N) is 1. The van der Waals surface area contributed by atoms with Gasteiger partial charge in [-0.25, -0.2) is 0 Å². The Kier molecular flexibility index (Phi) is 3.07. The van der Waals surface area contributed by atoms with E-state index < -0.39 is 0 Å². The largest absolute Gasteiger partial charge is 0.270 e. The number of para-hydroxylation sites is 1. The van der Waals surface area contributed by atoms with Crippen LogP contribution in [0.15, 0.2) is 42.5 Å². The van der Waals surface area contributed by atoms with Gasteiger partial charge in [-0.3, -0.25) is 0 Å². The number of aryl methyl sites for hydroxylation is 1. The highest BCUT2D eigenvalue weighted by atomic mass is 32.1. The molecule has 0 saturated carbocycles. The third kappa shape index (κ3) is 1.93. The van der Waals surface area contributed by atoms with Crippen molar-refractivity contribution in [3.8, 4) is 10.6 Å². The van der Waals surface area contributed by atoms with Crippen molar-refractivity contribution in [3.05, 3.63) is 53.6 Å². The summed E-state index contributed by atoms with van der Waals surface area (Å²) in [6, 6.07) is 16.2. The molecule has 2 heteroatoms. The van der Waals surface area contributed by atoms with Crippen LogP contribution in [0.5, 0.6) is 0 Å². The molecule has 2 heterocycles. The lowest BCUT2D eigenvalue weighted by atomic mass is 9.91. The molecule has 0 bridgehead atoms. The van der Waals surface area contributed by atoms with Gasteiger partial charge in [-0.15, -0.1) is 0 Å². The van der Waals surface area contributed by atoms with E-state index in [-0.39, 0.29) is 0 Å². The van der Waals surface area contributed by atoms with Crippen LogP contribution in [0.1, 0.15) is 37.4 Å². The van der Waals surface area contributed by atoms with Gasteiger partial charge in [0.05, 0.1) is 5.56 Å². The van der Waals surface area contributed by atoms with Crippen molar-refractivity contribution in [2.75, 3.05) is 0 Å². The standard InChI is InChI=1S/C19H20NS/c1-3-7-14-8-6-9-15-12-13(2)20-16-10-4-5-11-17(16)21-19(20)18(14)15/h4-6,8-11,13H,3,7,12H2,1-2H3/q+1. The van der Waals surface area contributed by atoms with Gasteiger partial charge in [0.25, 0.3) is 5.01 Å². The van der Waals surface area contributed by atoms with Gasteiger partial charge in [-0.1, -0.05) is 55.0 Å². The maximum Gasteiger partial charge on any atom is 0.270 e. The summed E-state index contributed by atoms with van der Waals surface area (Å²) >= 11 is 1.95. The second kappa shape index (κ2) is 4.96. The minimum atomic E-state index is 0.542. The third-order valence-electron chi connectivity index (χ3n) is 4.48. The average Bonchev–Trinajstić information content (AvgIpc) is 2.87. The maximum absolute atomic E-state index is 2.56. The highest BCUT2D eigenvalue weighted by molar-refractivity contribution is 7.21. The molecule has 0 spiro atoms. The van der Waals surface area contributed by atoms with Crippen molar-refractivity contribution in [2.45, 2.75) is 39.2 Å². The molecule has 21 heavy (non-hydrogen) atoms. The molecule has 106 valence electrons. The van der Waals surface area contributed by atoms with Crippen molar-refractivity contribution in [3.63, 3.8) is 0 Å². The van der Waals surface area contributed by atoms with Crippen LogP contribution in [0.4, 0.5) is 0 Å². The Bertz CT molecular complexity index is 801. The number of fused-ring (bicyclic) bond motifs is 5. The molecule has 0 aliphatic carbocycles. The minimum Gasteiger partial charge on any atom is -0.179 e. The number of hydrogen-bond acceptors (Lipinski definition) is 1. The Morgan fingerprint density at radius 2 is 2.00 bits per heavy atom. The number of aromatic nitrogens is 1. The van der Waals surface area contributed by atoms with Crippen molar-refractivity contribution in [1.29, 1.82) is 0 Å². The predicted octanol–water partition coefficient (Wildman–Crippen LogP) is 4.93. The Morgan fingerprint density at radius 3 is 2.86 bits per heavy atom. The van der Waals surface area contributed by atoms with E-state index in [1.165, 1.54) is 44.8 Å². The van der Waals surface area contributed by atoms with Crippen LogP contribution in [0.25, 0.3) is 20.8 Å². The molecule has 1 aliphatic rings. The molecular weight excluding hydrogens is 274 g/mol. The first-order valence-electron chi connectivity index (χ1n) is 7.83. The van der Waals surface area contributed by atoms with E-state index >= 15 is 0 Å². The SMILES string of the molecule is CCCc1cccc2c1-c1sc3ccccc3[n+]1C(C)C2. The van der Waals surface area contributed by atoms with Crippen LogP contribution in [-0.2, 0) is 12.8 Å². The number of thiazole rings is 1. The predicted molar refractivity (Wildman–Crippen MR) is 89.9 cm³/mol. The Labute approximate surface area is 129 Å². The molecule has 2 aromatic carbocycles. The lowest BCUT2D eigenvalue weighted by molar-refractivity contribution is -0.682. The Hall–Kier alpha value is -1.67. The van der Waals surface area contributed by atoms with Crippen LogP contribution in [0.2, 0.25) is 0 Å². The van der Waals surface area contributed by atoms with Gasteiger partial charge in [-0.05, 0) is 30.5 Å². The monoisotopic (exact) mass is 294 g/mol. The number of rotatable bonds is 2. The Balaban J connectivity index is 2.05. The van der Waals surface area contributed by atoms with Gasteiger partial charge in [0, 0.05) is 12.5 Å². The van der Waals surface area contributed by atoms with Crippen LogP contribution in [-0.4, -0.2) is 0 Å². The number of hydrogen-bond donors (Lipinski definition) is 0. The van der Waals surface area contributed by atoms with E-state index in [9.17, 15) is 0 Å². The summed E-state index contributed by atoms with van der Waals surface area (Å²) in [5.41, 5.74) is 5.95. The van der Waals surface area contributed by atoms with Crippen LogP contribution < -0.4 is 4.57 Å². The summed E-state index contributed by atoms with van der Waals surface area (Å²) in [4.78, 5) is 0. The summed E-state index contributed by atoms with van der Waals surface area (Å²) in [6.45, 7) is 4.61. The molecule has 1 atom stereocenters. The van der Waals surface area contributed by atoms with Gasteiger partial charge in [-0.2, -0.15) is 4.57 Å². The summed E-state index contributed by atoms with van der Waals surface area (Å²) < 4.78 is 3.96. The summed E-state index contributed by atoms with van der Waals surface area (Å²) in [7, 11) is 0. The van der Waals surface area contributed by atoms with Gasteiger partial charge < -0.3 is 0 Å². The summed E-state index contributed by atoms with van der Waals surface area (Å²) in [5, 5.41) is 1.45. The molecule has 1 unspecified atom stereocenters. The lowest BCUT2D eigenvalue weighted by Gasteiger charge is -2.19. The van der Waals surface area contributed by atoms with Gasteiger partial charge in [0.15, 0.2) is 6.04 Å². The average molecular weight is 294 g/mol. The first-order chi connectivity index (χ1) is 10.3. The molecule has 1 aromatic heterocycles. The van der Waals surface area contributed by atoms with Gasteiger partial charge in [0.1, 0.15) is 4.70 Å². The van der Waals surface area contributed by atoms with E-state index in [0.717, 1.165) is 6.42 Å². The van der Waals surface area contributed by atoms with E-state index in [1.54, 1.807) is 0 Å².